The molecule has 25 heavy (non-hydrogen) atoms. The van der Waals surface area contributed by atoms with E-state index in [1.54, 1.807) is 11.8 Å². The summed E-state index contributed by atoms with van der Waals surface area (Å²) in [6.45, 7) is 9.32. The fourth-order valence-electron chi connectivity index (χ4n) is 2.94. The summed E-state index contributed by atoms with van der Waals surface area (Å²) < 4.78 is 5.26. The summed E-state index contributed by atoms with van der Waals surface area (Å²) in [6, 6.07) is 7.31. The zero-order valence-electron chi connectivity index (χ0n) is 14.5. The highest BCUT2D eigenvalue weighted by Gasteiger charge is 2.46. The number of esters is 1. The maximum atomic E-state index is 12.7. The molecule has 2 atom stereocenters. The van der Waals surface area contributed by atoms with Gasteiger partial charge in [0.25, 0.3) is 0 Å². The normalized spacial score (nSPS) is 22.6. The smallest absolute Gasteiger partial charge is 0.338 e. The van der Waals surface area contributed by atoms with E-state index in [1.807, 2.05) is 38.1 Å². The van der Waals surface area contributed by atoms with Gasteiger partial charge in [-0.15, -0.1) is 0 Å². The molecule has 0 bridgehead atoms. The average Bonchev–Trinajstić information content (AvgIpc) is 2.86. The van der Waals surface area contributed by atoms with Crippen molar-refractivity contribution in [1.82, 2.24) is 4.90 Å². The highest BCUT2D eigenvalue weighted by Crippen LogP contribution is 2.43. The van der Waals surface area contributed by atoms with E-state index in [4.69, 9.17) is 4.74 Å². The highest BCUT2D eigenvalue weighted by molar-refractivity contribution is 8.15. The summed E-state index contributed by atoms with van der Waals surface area (Å²) in [7, 11) is 0. The summed E-state index contributed by atoms with van der Waals surface area (Å²) >= 11 is 1.42. The molecule has 5 nitrogen and oxygen atoms in total. The number of amides is 1. The Kier molecular flexibility index (Phi) is 4.81. The zero-order valence-corrected chi connectivity index (χ0v) is 15.3. The van der Waals surface area contributed by atoms with Gasteiger partial charge in [0, 0.05) is 0 Å². The lowest BCUT2D eigenvalue weighted by Gasteiger charge is -2.33. The number of carbonyl (C=O) groups excluding carboxylic acids is 2. The Balaban J connectivity index is 2.11. The van der Waals surface area contributed by atoms with Crippen LogP contribution in [0.25, 0.3) is 0 Å². The van der Waals surface area contributed by atoms with Crippen molar-refractivity contribution in [3.8, 4) is 0 Å². The van der Waals surface area contributed by atoms with Gasteiger partial charge in [-0.3, -0.25) is 9.69 Å². The van der Waals surface area contributed by atoms with Crippen LogP contribution in [0, 0.1) is 6.92 Å². The molecule has 2 heterocycles. The third kappa shape index (κ3) is 3.14. The Morgan fingerprint density at radius 1 is 1.36 bits per heavy atom. The molecule has 6 heteroatoms. The molecule has 0 aliphatic carbocycles. The second-order valence-corrected chi connectivity index (χ2v) is 7.37. The van der Waals surface area contributed by atoms with Crippen LogP contribution in [-0.2, 0) is 14.3 Å². The van der Waals surface area contributed by atoms with Crippen molar-refractivity contribution in [2.45, 2.75) is 32.1 Å². The number of ether oxygens (including phenoxy) is 1. The van der Waals surface area contributed by atoms with E-state index in [9.17, 15) is 9.59 Å². The summed E-state index contributed by atoms with van der Waals surface area (Å²) in [6.07, 6.45) is 1.52. The lowest BCUT2D eigenvalue weighted by Crippen LogP contribution is -2.40. The summed E-state index contributed by atoms with van der Waals surface area (Å²) in [5.74, 6) is -0.515. The van der Waals surface area contributed by atoms with Crippen molar-refractivity contribution in [3.05, 3.63) is 59.3 Å². The second kappa shape index (κ2) is 6.88. The Labute approximate surface area is 151 Å². The summed E-state index contributed by atoms with van der Waals surface area (Å²) in [5.41, 5.74) is 2.96. The minimum atomic E-state index is -0.518. The van der Waals surface area contributed by atoms with Crippen LogP contribution in [0.3, 0.4) is 0 Å². The van der Waals surface area contributed by atoms with Crippen LogP contribution in [0.4, 0.5) is 0 Å². The Morgan fingerprint density at radius 3 is 2.68 bits per heavy atom. The second-order valence-electron chi connectivity index (χ2n) is 6.06. The van der Waals surface area contributed by atoms with E-state index in [0.29, 0.717) is 16.4 Å². The molecule has 0 saturated carbocycles. The Bertz CT molecular complexity index is 795. The van der Waals surface area contributed by atoms with E-state index in [0.717, 1.165) is 11.1 Å². The van der Waals surface area contributed by atoms with Gasteiger partial charge in [0.15, 0.2) is 5.17 Å². The van der Waals surface area contributed by atoms with Crippen LogP contribution in [0.5, 0.6) is 0 Å². The maximum absolute atomic E-state index is 12.7. The number of aliphatic imine (C=N–C) groups is 1. The minimum Gasteiger partial charge on any atom is -0.458 e. The predicted octanol–water partition coefficient (Wildman–Crippen LogP) is 3.37. The summed E-state index contributed by atoms with van der Waals surface area (Å²) in [5, 5.41) is 0.420. The van der Waals surface area contributed by atoms with Crippen molar-refractivity contribution in [2.24, 2.45) is 4.99 Å². The number of aryl methyl sites for hydroxylation is 1. The van der Waals surface area contributed by atoms with E-state index in [2.05, 4.69) is 11.6 Å². The number of hydrogen-bond acceptors (Lipinski definition) is 5. The van der Waals surface area contributed by atoms with Crippen LogP contribution >= 0.6 is 11.8 Å². The van der Waals surface area contributed by atoms with Crippen LogP contribution in [-0.4, -0.2) is 33.8 Å². The first-order chi connectivity index (χ1) is 11.9. The van der Waals surface area contributed by atoms with Gasteiger partial charge in [-0.05, 0) is 26.3 Å². The van der Waals surface area contributed by atoms with Crippen LogP contribution in [0.1, 0.15) is 31.0 Å². The van der Waals surface area contributed by atoms with Gasteiger partial charge in [-0.25, -0.2) is 9.79 Å². The van der Waals surface area contributed by atoms with Gasteiger partial charge in [0.1, 0.15) is 6.61 Å². The van der Waals surface area contributed by atoms with Gasteiger partial charge >= 0.3 is 5.97 Å². The molecule has 1 fully saturated rings. The van der Waals surface area contributed by atoms with Gasteiger partial charge in [-0.1, -0.05) is 54.2 Å². The molecule has 2 aliphatic rings. The lowest BCUT2D eigenvalue weighted by molar-refractivity contribution is -0.139. The van der Waals surface area contributed by atoms with Crippen LogP contribution in [0.2, 0.25) is 0 Å². The average molecular weight is 356 g/mol. The van der Waals surface area contributed by atoms with Crippen molar-refractivity contribution in [2.75, 3.05) is 6.61 Å². The topological polar surface area (TPSA) is 59.0 Å². The number of benzene rings is 1. The Morgan fingerprint density at radius 2 is 2.04 bits per heavy atom. The zero-order chi connectivity index (χ0) is 18.1. The van der Waals surface area contributed by atoms with Crippen LogP contribution < -0.4 is 0 Å². The summed E-state index contributed by atoms with van der Waals surface area (Å²) in [4.78, 5) is 31.5. The number of thioether (sulfide) groups is 1. The molecule has 1 aromatic carbocycles. The van der Waals surface area contributed by atoms with Gasteiger partial charge in [0.2, 0.25) is 5.91 Å². The molecule has 1 saturated heterocycles. The molecule has 0 spiro atoms. The van der Waals surface area contributed by atoms with Gasteiger partial charge in [-0.2, -0.15) is 0 Å². The first-order valence-electron chi connectivity index (χ1n) is 8.07. The molecule has 1 aromatic rings. The Hall–Kier alpha value is -2.34. The molecule has 2 aliphatic heterocycles. The molecule has 0 aromatic heterocycles. The fourth-order valence-corrected chi connectivity index (χ4v) is 3.97. The number of allylic oxidation sites excluding steroid dienone is 1. The number of carbonyl (C=O) groups is 2. The number of amidine groups is 1. The monoisotopic (exact) mass is 356 g/mol. The molecule has 0 N–H and O–H groups in total. The number of rotatable bonds is 4. The van der Waals surface area contributed by atoms with E-state index in [1.165, 1.54) is 17.8 Å². The molecule has 1 amide bonds. The number of nitrogens with zero attached hydrogens (tertiary/aromatic N) is 2. The molecule has 0 radical (unpaired) electrons. The predicted molar refractivity (Wildman–Crippen MR) is 99.1 cm³/mol. The minimum absolute atomic E-state index is 0.0455. The SMILES string of the molecule is C=CCOC(=O)C1=C(C)N=C2S[C@H](C)C(=O)N2[C@H]1c1ccc(C)cc1. The molecule has 0 unspecified atom stereocenters. The third-order valence-corrected chi connectivity index (χ3v) is 5.26. The standard InChI is InChI=1S/C19H20N2O3S/c1-5-10-24-18(23)15-12(3)20-19-21(17(22)13(4)25-19)16(15)14-8-6-11(2)7-9-14/h5-9,13,16H,1,10H2,2-4H3/t13-,16+/m1/s1. The van der Waals surface area contributed by atoms with E-state index in [-0.39, 0.29) is 17.8 Å². The quantitative estimate of drug-likeness (QED) is 0.613. The number of hydrogen-bond donors (Lipinski definition) is 0. The van der Waals surface area contributed by atoms with Crippen LogP contribution in [0.15, 0.2) is 53.2 Å². The van der Waals surface area contributed by atoms with E-state index >= 15 is 0 Å². The van der Waals surface area contributed by atoms with Crippen molar-refractivity contribution in [1.29, 1.82) is 0 Å². The molecular weight excluding hydrogens is 336 g/mol. The fraction of sp³-hybridized carbons (Fsp3) is 0.316. The highest BCUT2D eigenvalue weighted by atomic mass is 32.2. The lowest BCUT2D eigenvalue weighted by atomic mass is 9.93. The van der Waals surface area contributed by atoms with Crippen molar-refractivity contribution >= 4 is 28.8 Å². The first-order valence-corrected chi connectivity index (χ1v) is 8.95. The van der Waals surface area contributed by atoms with E-state index < -0.39 is 12.0 Å². The third-order valence-electron chi connectivity index (χ3n) is 4.20. The van der Waals surface area contributed by atoms with Crippen molar-refractivity contribution < 1.29 is 14.3 Å². The first kappa shape index (κ1) is 17.5. The largest absolute Gasteiger partial charge is 0.458 e. The molecule has 130 valence electrons. The molecule has 3 rings (SSSR count). The van der Waals surface area contributed by atoms with Crippen molar-refractivity contribution in [3.63, 3.8) is 0 Å². The molecular formula is C19H20N2O3S. The number of fused-ring (bicyclic) bond motifs is 1. The van der Waals surface area contributed by atoms with Gasteiger partial charge in [0.05, 0.1) is 22.6 Å². The maximum Gasteiger partial charge on any atom is 0.338 e. The van der Waals surface area contributed by atoms with Gasteiger partial charge < -0.3 is 4.74 Å².